The molecule has 0 spiro atoms. The lowest BCUT2D eigenvalue weighted by molar-refractivity contribution is 0.174. The molecule has 0 amide bonds. The van der Waals surface area contributed by atoms with E-state index in [-0.39, 0.29) is 12.4 Å². The number of aromatic amines is 1. The maximum Gasteiger partial charge on any atom is 0.253 e. The molecule has 3 heterocycles. The van der Waals surface area contributed by atoms with Crippen LogP contribution in [0.2, 0.25) is 0 Å². The quantitative estimate of drug-likeness (QED) is 0.403. The van der Waals surface area contributed by atoms with E-state index in [1.165, 1.54) is 5.56 Å². The van der Waals surface area contributed by atoms with Crippen LogP contribution < -0.4 is 20.3 Å². The third-order valence-corrected chi connectivity index (χ3v) is 5.92. The standard InChI is InChI=1S/C25H23N3O4S/c29-24-19(11-18-12-22-23(32-16-31-22)13-21(18)27-24)14-28(15-20-7-4-10-30-20)25(33)26-9-8-17-5-2-1-3-6-17/h1-7,10-13H,8-9,14-16H2,(H,26,33)(H,27,29). The van der Waals surface area contributed by atoms with Crippen LogP contribution in [0.3, 0.4) is 0 Å². The van der Waals surface area contributed by atoms with Crippen molar-refractivity contribution in [2.45, 2.75) is 19.5 Å². The lowest BCUT2D eigenvalue weighted by Gasteiger charge is -2.25. The highest BCUT2D eigenvalue weighted by Gasteiger charge is 2.18. The molecule has 7 nitrogen and oxygen atoms in total. The third-order valence-electron chi connectivity index (χ3n) is 5.52. The van der Waals surface area contributed by atoms with Crippen LogP contribution in [-0.4, -0.2) is 28.3 Å². The molecule has 0 atom stereocenters. The van der Waals surface area contributed by atoms with E-state index in [2.05, 4.69) is 22.4 Å². The van der Waals surface area contributed by atoms with Crippen molar-refractivity contribution in [2.24, 2.45) is 0 Å². The van der Waals surface area contributed by atoms with Gasteiger partial charge in [0.25, 0.3) is 5.56 Å². The first-order chi connectivity index (χ1) is 16.2. The number of hydrogen-bond donors (Lipinski definition) is 2. The Balaban J connectivity index is 1.35. The van der Waals surface area contributed by atoms with Crippen molar-refractivity contribution in [3.8, 4) is 11.5 Å². The maximum absolute atomic E-state index is 12.9. The largest absolute Gasteiger partial charge is 0.467 e. The molecule has 1 aliphatic rings. The predicted molar refractivity (Wildman–Crippen MR) is 129 cm³/mol. The number of fused-ring (bicyclic) bond motifs is 2. The fraction of sp³-hybridized carbons (Fsp3) is 0.200. The Morgan fingerprint density at radius 3 is 2.64 bits per heavy atom. The molecular weight excluding hydrogens is 438 g/mol. The SMILES string of the molecule is O=c1[nH]c2cc3c(cc2cc1CN(Cc1ccco1)C(=S)NCCc1ccccc1)OCO3. The van der Waals surface area contributed by atoms with Crippen LogP contribution in [0, 0.1) is 0 Å². The van der Waals surface area contributed by atoms with Crippen molar-refractivity contribution in [3.63, 3.8) is 0 Å². The summed E-state index contributed by atoms with van der Waals surface area (Å²) in [5, 5.41) is 4.75. The molecule has 2 aromatic carbocycles. The zero-order chi connectivity index (χ0) is 22.6. The summed E-state index contributed by atoms with van der Waals surface area (Å²) >= 11 is 5.69. The molecule has 33 heavy (non-hydrogen) atoms. The molecule has 2 aromatic heterocycles. The minimum absolute atomic E-state index is 0.169. The number of rotatable bonds is 7. The van der Waals surface area contributed by atoms with E-state index in [0.717, 1.165) is 17.6 Å². The summed E-state index contributed by atoms with van der Waals surface area (Å²) in [6.45, 7) is 1.65. The van der Waals surface area contributed by atoms with Crippen molar-refractivity contribution in [1.29, 1.82) is 0 Å². The van der Waals surface area contributed by atoms with Crippen LogP contribution in [0.25, 0.3) is 10.9 Å². The van der Waals surface area contributed by atoms with E-state index in [0.29, 0.717) is 47.3 Å². The molecule has 8 heteroatoms. The van der Waals surface area contributed by atoms with Gasteiger partial charge in [0.1, 0.15) is 5.76 Å². The monoisotopic (exact) mass is 461 g/mol. The van der Waals surface area contributed by atoms with E-state index in [1.54, 1.807) is 12.3 Å². The first-order valence-corrected chi connectivity index (χ1v) is 11.1. The van der Waals surface area contributed by atoms with Gasteiger partial charge in [-0.15, -0.1) is 0 Å². The second-order valence-corrected chi connectivity index (χ2v) is 8.21. The molecular formula is C25H23N3O4S. The Hall–Kier alpha value is -3.78. The highest BCUT2D eigenvalue weighted by molar-refractivity contribution is 7.80. The summed E-state index contributed by atoms with van der Waals surface area (Å²) in [6, 6.07) is 19.5. The molecule has 0 fully saturated rings. The molecule has 0 saturated heterocycles. The lowest BCUT2D eigenvalue weighted by Crippen LogP contribution is -2.40. The number of benzene rings is 2. The Morgan fingerprint density at radius 1 is 1.03 bits per heavy atom. The number of nitrogens with one attached hydrogen (secondary N) is 2. The van der Waals surface area contributed by atoms with Crippen LogP contribution in [0.5, 0.6) is 11.5 Å². The van der Waals surface area contributed by atoms with Gasteiger partial charge < -0.3 is 29.1 Å². The zero-order valence-electron chi connectivity index (χ0n) is 17.9. The Kier molecular flexibility index (Phi) is 5.99. The van der Waals surface area contributed by atoms with Gasteiger partial charge >= 0.3 is 0 Å². The number of pyridine rings is 1. The second-order valence-electron chi connectivity index (χ2n) is 7.82. The fourth-order valence-electron chi connectivity index (χ4n) is 3.82. The first-order valence-electron chi connectivity index (χ1n) is 10.7. The van der Waals surface area contributed by atoms with Gasteiger partial charge in [0.2, 0.25) is 6.79 Å². The molecule has 5 rings (SSSR count). The van der Waals surface area contributed by atoms with Gasteiger partial charge in [0, 0.05) is 23.6 Å². The highest BCUT2D eigenvalue weighted by atomic mass is 32.1. The van der Waals surface area contributed by atoms with E-state index < -0.39 is 0 Å². The van der Waals surface area contributed by atoms with Crippen molar-refractivity contribution in [2.75, 3.05) is 13.3 Å². The van der Waals surface area contributed by atoms with Crippen molar-refractivity contribution >= 4 is 28.2 Å². The average Bonchev–Trinajstić information content (AvgIpc) is 3.50. The molecule has 2 N–H and O–H groups in total. The van der Waals surface area contributed by atoms with Gasteiger partial charge in [-0.2, -0.15) is 0 Å². The number of thiocarbonyl (C=S) groups is 1. The van der Waals surface area contributed by atoms with Gasteiger partial charge in [0.05, 0.1) is 24.9 Å². The average molecular weight is 462 g/mol. The lowest BCUT2D eigenvalue weighted by atomic mass is 10.1. The number of aromatic nitrogens is 1. The summed E-state index contributed by atoms with van der Waals surface area (Å²) < 4.78 is 16.4. The molecule has 0 aliphatic carbocycles. The molecule has 0 saturated carbocycles. The van der Waals surface area contributed by atoms with Crippen LogP contribution >= 0.6 is 12.2 Å². The Morgan fingerprint density at radius 2 is 1.85 bits per heavy atom. The topological polar surface area (TPSA) is 79.7 Å². The molecule has 0 bridgehead atoms. The molecule has 1 aliphatic heterocycles. The third kappa shape index (κ3) is 4.85. The number of hydrogen-bond acceptors (Lipinski definition) is 5. The zero-order valence-corrected chi connectivity index (χ0v) is 18.7. The Labute approximate surface area is 195 Å². The van der Waals surface area contributed by atoms with Crippen molar-refractivity contribution < 1.29 is 13.9 Å². The summed E-state index contributed by atoms with van der Waals surface area (Å²) in [7, 11) is 0. The number of furan rings is 1. The predicted octanol–water partition coefficient (Wildman–Crippen LogP) is 3.97. The molecule has 0 unspecified atom stereocenters. The summed E-state index contributed by atoms with van der Waals surface area (Å²) in [6.07, 6.45) is 2.48. The van der Waals surface area contributed by atoms with Crippen LogP contribution in [-0.2, 0) is 19.5 Å². The van der Waals surface area contributed by atoms with Gasteiger partial charge in [0.15, 0.2) is 16.6 Å². The van der Waals surface area contributed by atoms with E-state index in [1.807, 2.05) is 47.4 Å². The summed E-state index contributed by atoms with van der Waals surface area (Å²) in [5.41, 5.74) is 2.36. The second kappa shape index (κ2) is 9.38. The fourth-order valence-corrected chi connectivity index (χ4v) is 4.06. The highest BCUT2D eigenvalue weighted by Crippen LogP contribution is 2.35. The number of H-pyrrole nitrogens is 1. The van der Waals surface area contributed by atoms with E-state index in [4.69, 9.17) is 26.1 Å². The van der Waals surface area contributed by atoms with Gasteiger partial charge in [-0.05, 0) is 48.5 Å². The Bertz CT molecular complexity index is 1320. The van der Waals surface area contributed by atoms with Crippen LogP contribution in [0.4, 0.5) is 0 Å². The van der Waals surface area contributed by atoms with Crippen LogP contribution in [0.15, 0.2) is 76.1 Å². The first kappa shape index (κ1) is 21.1. The van der Waals surface area contributed by atoms with Crippen molar-refractivity contribution in [3.05, 3.63) is 94.2 Å². The normalized spacial score (nSPS) is 12.1. The minimum atomic E-state index is -0.169. The van der Waals surface area contributed by atoms with Gasteiger partial charge in [-0.25, -0.2) is 0 Å². The van der Waals surface area contributed by atoms with Crippen LogP contribution in [0.1, 0.15) is 16.9 Å². The van der Waals surface area contributed by atoms with Gasteiger partial charge in [-0.1, -0.05) is 30.3 Å². The maximum atomic E-state index is 12.9. The molecule has 168 valence electrons. The van der Waals surface area contributed by atoms with Gasteiger partial charge in [-0.3, -0.25) is 4.79 Å². The summed E-state index contributed by atoms with van der Waals surface area (Å²) in [5.74, 6) is 2.07. The minimum Gasteiger partial charge on any atom is -0.467 e. The molecule has 0 radical (unpaired) electrons. The van der Waals surface area contributed by atoms with Crippen molar-refractivity contribution in [1.82, 2.24) is 15.2 Å². The number of nitrogens with zero attached hydrogens (tertiary/aromatic N) is 1. The number of ether oxygens (including phenoxy) is 2. The van der Waals surface area contributed by atoms with E-state index >= 15 is 0 Å². The van der Waals surface area contributed by atoms with E-state index in [9.17, 15) is 4.79 Å². The molecule has 4 aromatic rings. The smallest absolute Gasteiger partial charge is 0.253 e. The summed E-state index contributed by atoms with van der Waals surface area (Å²) in [4.78, 5) is 17.7.